The summed E-state index contributed by atoms with van der Waals surface area (Å²) in [6, 6.07) is 5.25. The monoisotopic (exact) mass is 255 g/mol. The minimum atomic E-state index is 0.120. The number of benzene rings is 1. The highest BCUT2D eigenvalue weighted by atomic mass is 35.5. The molecule has 0 unspecified atom stereocenters. The predicted molar refractivity (Wildman–Crippen MR) is 68.2 cm³/mol. The van der Waals surface area contributed by atoms with Crippen molar-refractivity contribution >= 4 is 11.6 Å². The molecule has 1 fully saturated rings. The van der Waals surface area contributed by atoms with Crippen molar-refractivity contribution in [2.24, 2.45) is 5.41 Å². The minimum absolute atomic E-state index is 0.120. The van der Waals surface area contributed by atoms with Gasteiger partial charge in [-0.1, -0.05) is 17.7 Å². The summed E-state index contributed by atoms with van der Waals surface area (Å²) in [5.41, 5.74) is 1.39. The Hall–Kier alpha value is -0.770. The lowest BCUT2D eigenvalue weighted by molar-refractivity contribution is 0.245. The lowest BCUT2D eigenvalue weighted by Gasteiger charge is -2.14. The Kier molecular flexibility index (Phi) is 3.92. The number of phenolic OH excluding ortho intramolecular Hbond substituents is 1. The molecule has 1 aromatic rings. The summed E-state index contributed by atoms with van der Waals surface area (Å²) in [4.78, 5) is 0. The number of aliphatic hydroxyl groups excluding tert-OH is 1. The molecule has 2 rings (SSSR count). The maximum absolute atomic E-state index is 9.30. The van der Waals surface area contributed by atoms with Crippen LogP contribution in [0.5, 0.6) is 5.75 Å². The van der Waals surface area contributed by atoms with Gasteiger partial charge in [-0.25, -0.2) is 0 Å². The third-order valence-electron chi connectivity index (χ3n) is 3.44. The summed E-state index contributed by atoms with van der Waals surface area (Å²) < 4.78 is 0. The molecule has 94 valence electrons. The van der Waals surface area contributed by atoms with Crippen molar-refractivity contribution in [3.8, 4) is 5.75 Å². The van der Waals surface area contributed by atoms with E-state index in [0.29, 0.717) is 10.4 Å². The van der Waals surface area contributed by atoms with Gasteiger partial charge in [-0.3, -0.25) is 0 Å². The zero-order chi connectivity index (χ0) is 12.3. The Balaban J connectivity index is 1.80. The van der Waals surface area contributed by atoms with E-state index in [0.717, 1.165) is 25.1 Å². The highest BCUT2D eigenvalue weighted by molar-refractivity contribution is 6.32. The highest BCUT2D eigenvalue weighted by Crippen LogP contribution is 2.47. The van der Waals surface area contributed by atoms with Crippen LogP contribution in [0.1, 0.15) is 24.8 Å². The molecule has 3 N–H and O–H groups in total. The molecule has 1 saturated carbocycles. The molecule has 0 radical (unpaired) electrons. The van der Waals surface area contributed by atoms with E-state index in [1.165, 1.54) is 12.8 Å². The Bertz CT molecular complexity index is 391. The minimum Gasteiger partial charge on any atom is -0.506 e. The van der Waals surface area contributed by atoms with Gasteiger partial charge < -0.3 is 15.5 Å². The van der Waals surface area contributed by atoms with Crippen molar-refractivity contribution in [1.82, 2.24) is 5.32 Å². The van der Waals surface area contributed by atoms with Crippen LogP contribution in [0.25, 0.3) is 0 Å². The van der Waals surface area contributed by atoms with E-state index in [-0.39, 0.29) is 12.4 Å². The topological polar surface area (TPSA) is 52.5 Å². The highest BCUT2D eigenvalue weighted by Gasteiger charge is 2.41. The van der Waals surface area contributed by atoms with Gasteiger partial charge in [0.25, 0.3) is 0 Å². The number of aromatic hydroxyl groups is 1. The largest absolute Gasteiger partial charge is 0.506 e. The number of phenols is 1. The molecular weight excluding hydrogens is 238 g/mol. The van der Waals surface area contributed by atoms with Crippen molar-refractivity contribution in [2.45, 2.75) is 25.8 Å². The fourth-order valence-electron chi connectivity index (χ4n) is 2.06. The molecule has 0 spiro atoms. The summed E-state index contributed by atoms with van der Waals surface area (Å²) >= 11 is 5.83. The average molecular weight is 256 g/mol. The van der Waals surface area contributed by atoms with E-state index in [4.69, 9.17) is 16.7 Å². The number of rotatable bonds is 6. The predicted octanol–water partition coefficient (Wildman–Crippen LogP) is 2.30. The first kappa shape index (κ1) is 12.7. The fraction of sp³-hybridized carbons (Fsp3) is 0.538. The van der Waals surface area contributed by atoms with Gasteiger partial charge in [0.2, 0.25) is 0 Å². The summed E-state index contributed by atoms with van der Waals surface area (Å²) in [5.74, 6) is 0.120. The Morgan fingerprint density at radius 1 is 1.35 bits per heavy atom. The van der Waals surface area contributed by atoms with E-state index in [1.54, 1.807) is 12.1 Å². The van der Waals surface area contributed by atoms with E-state index < -0.39 is 0 Å². The van der Waals surface area contributed by atoms with Gasteiger partial charge in [0.05, 0.1) is 5.02 Å². The lowest BCUT2D eigenvalue weighted by atomic mass is 10.0. The van der Waals surface area contributed by atoms with Crippen LogP contribution in [0.2, 0.25) is 5.02 Å². The second-order valence-electron chi connectivity index (χ2n) is 4.86. The molecule has 1 aliphatic carbocycles. The molecule has 0 heterocycles. The summed E-state index contributed by atoms with van der Waals surface area (Å²) in [7, 11) is 0. The van der Waals surface area contributed by atoms with E-state index in [9.17, 15) is 5.11 Å². The number of aliphatic hydroxyl groups is 1. The molecule has 1 aromatic carbocycles. The molecule has 0 aromatic heterocycles. The Morgan fingerprint density at radius 3 is 2.71 bits per heavy atom. The molecule has 1 aliphatic rings. The van der Waals surface area contributed by atoms with Crippen LogP contribution in [0.3, 0.4) is 0 Å². The first-order chi connectivity index (χ1) is 8.15. The second-order valence-corrected chi connectivity index (χ2v) is 5.27. The fourth-order valence-corrected chi connectivity index (χ4v) is 2.26. The summed E-state index contributed by atoms with van der Waals surface area (Å²) in [6.45, 7) is 1.95. The van der Waals surface area contributed by atoms with Crippen LogP contribution in [0.15, 0.2) is 18.2 Å². The summed E-state index contributed by atoms with van der Waals surface area (Å²) in [5, 5.41) is 22.0. The third-order valence-corrected chi connectivity index (χ3v) is 3.74. The molecule has 3 nitrogen and oxygen atoms in total. The van der Waals surface area contributed by atoms with Gasteiger partial charge in [-0.15, -0.1) is 0 Å². The van der Waals surface area contributed by atoms with Crippen LogP contribution in [0, 0.1) is 5.41 Å². The standard InChI is InChI=1S/C13H18ClNO2/c14-11-7-10(1-2-12(11)17)8-15-9-13(3-4-13)5-6-16/h1-2,7,15-17H,3-6,8-9H2. The first-order valence-corrected chi connectivity index (χ1v) is 6.32. The molecule has 0 amide bonds. The average Bonchev–Trinajstić information content (AvgIpc) is 3.04. The van der Waals surface area contributed by atoms with Crippen LogP contribution in [0.4, 0.5) is 0 Å². The van der Waals surface area contributed by atoms with Crippen molar-refractivity contribution in [3.05, 3.63) is 28.8 Å². The molecule has 0 atom stereocenters. The molecule has 0 saturated heterocycles. The third kappa shape index (κ3) is 3.35. The maximum Gasteiger partial charge on any atom is 0.134 e. The lowest BCUT2D eigenvalue weighted by Crippen LogP contribution is -2.24. The van der Waals surface area contributed by atoms with Gasteiger partial charge in [0.1, 0.15) is 5.75 Å². The number of halogens is 1. The molecule has 0 aliphatic heterocycles. The molecule has 0 bridgehead atoms. The van der Waals surface area contributed by atoms with Gasteiger partial charge in [-0.2, -0.15) is 0 Å². The van der Waals surface area contributed by atoms with E-state index in [1.807, 2.05) is 6.07 Å². The quantitative estimate of drug-likeness (QED) is 0.731. The molecule has 17 heavy (non-hydrogen) atoms. The normalized spacial score (nSPS) is 17.1. The van der Waals surface area contributed by atoms with Gasteiger partial charge >= 0.3 is 0 Å². The van der Waals surface area contributed by atoms with E-state index >= 15 is 0 Å². The van der Waals surface area contributed by atoms with Gasteiger partial charge in [-0.05, 0) is 42.4 Å². The van der Waals surface area contributed by atoms with Crippen LogP contribution in [-0.4, -0.2) is 23.4 Å². The maximum atomic E-state index is 9.30. The summed E-state index contributed by atoms with van der Waals surface area (Å²) in [6.07, 6.45) is 3.30. The SMILES string of the molecule is OCCC1(CNCc2ccc(O)c(Cl)c2)CC1. The van der Waals surface area contributed by atoms with Crippen LogP contribution >= 0.6 is 11.6 Å². The Labute approximate surface area is 106 Å². The van der Waals surface area contributed by atoms with Crippen LogP contribution < -0.4 is 5.32 Å². The van der Waals surface area contributed by atoms with E-state index in [2.05, 4.69) is 5.32 Å². The van der Waals surface area contributed by atoms with Gasteiger partial charge in [0, 0.05) is 19.7 Å². The smallest absolute Gasteiger partial charge is 0.134 e. The Morgan fingerprint density at radius 2 is 2.12 bits per heavy atom. The zero-order valence-electron chi connectivity index (χ0n) is 9.75. The first-order valence-electron chi connectivity index (χ1n) is 5.94. The van der Waals surface area contributed by atoms with Gasteiger partial charge in [0.15, 0.2) is 0 Å². The molecule has 4 heteroatoms. The number of hydrogen-bond donors (Lipinski definition) is 3. The van der Waals surface area contributed by atoms with Crippen molar-refractivity contribution in [1.29, 1.82) is 0 Å². The molecular formula is C13H18ClNO2. The number of hydrogen-bond acceptors (Lipinski definition) is 3. The van der Waals surface area contributed by atoms with Crippen LogP contribution in [-0.2, 0) is 6.54 Å². The van der Waals surface area contributed by atoms with Crippen molar-refractivity contribution < 1.29 is 10.2 Å². The van der Waals surface area contributed by atoms with Crippen molar-refractivity contribution in [3.63, 3.8) is 0 Å². The zero-order valence-corrected chi connectivity index (χ0v) is 10.5. The second kappa shape index (κ2) is 5.25. The number of nitrogens with one attached hydrogen (secondary N) is 1. The van der Waals surface area contributed by atoms with Crippen molar-refractivity contribution in [2.75, 3.05) is 13.2 Å².